The van der Waals surface area contributed by atoms with E-state index in [2.05, 4.69) is 9.97 Å². The molecule has 9 aromatic carbocycles. The van der Waals surface area contributed by atoms with E-state index < -0.39 is 0 Å². The quantitative estimate of drug-likeness (QED) is 0.185. The van der Waals surface area contributed by atoms with Gasteiger partial charge in [-0.25, -0.2) is 0 Å². The van der Waals surface area contributed by atoms with Gasteiger partial charge in [0, 0.05) is 64.6 Å². The van der Waals surface area contributed by atoms with Crippen LogP contribution in [0.2, 0.25) is 0 Å². The van der Waals surface area contributed by atoms with Crippen LogP contribution in [0.3, 0.4) is 0 Å². The average Bonchev–Trinajstić information content (AvgIpc) is 3.73. The molecule has 0 unspecified atom stereocenters. The number of hydrogen-bond donors (Lipinski definition) is 2. The van der Waals surface area contributed by atoms with Crippen molar-refractivity contribution in [1.82, 2.24) is 9.97 Å². The molecule has 11 aromatic rings. The Balaban J connectivity index is 1.49. The monoisotopic (exact) mass is 646 g/mol. The molecule has 0 aliphatic rings. The van der Waals surface area contributed by atoms with Crippen molar-refractivity contribution < 1.29 is 0 Å². The molecule has 0 aliphatic heterocycles. The van der Waals surface area contributed by atoms with Crippen molar-refractivity contribution in [3.05, 3.63) is 158 Å². The van der Waals surface area contributed by atoms with Gasteiger partial charge in [0.15, 0.2) is 32.6 Å². The first-order valence-electron chi connectivity index (χ1n) is 16.0. The number of aromatic nitrogens is 2. The number of benzene rings is 9. The second-order valence-electron chi connectivity index (χ2n) is 12.9. The highest BCUT2D eigenvalue weighted by molar-refractivity contribution is 6.39. The summed E-state index contributed by atoms with van der Waals surface area (Å²) < 4.78 is 0. The Morgan fingerprint density at radius 3 is 0.860 bits per heavy atom. The van der Waals surface area contributed by atoms with Crippen LogP contribution in [-0.2, 0) is 0 Å². The van der Waals surface area contributed by atoms with E-state index in [4.69, 9.17) is 0 Å². The smallest absolute Gasteiger partial charge is 0.196 e. The minimum Gasteiger partial charge on any atom is -0.353 e. The van der Waals surface area contributed by atoms with E-state index in [-0.39, 0.29) is 86.4 Å². The van der Waals surface area contributed by atoms with Gasteiger partial charge in [-0.3, -0.25) is 28.8 Å². The summed E-state index contributed by atoms with van der Waals surface area (Å²) in [7, 11) is 0. The van der Waals surface area contributed by atoms with Crippen molar-refractivity contribution in [3.8, 4) is 0 Å². The molecule has 8 heteroatoms. The van der Waals surface area contributed by atoms with Gasteiger partial charge in [-0.15, -0.1) is 0 Å². The second kappa shape index (κ2) is 8.89. The summed E-state index contributed by atoms with van der Waals surface area (Å²) in [6.45, 7) is 0. The molecule has 0 saturated heterocycles. The number of aromatic amines is 2. The second-order valence-corrected chi connectivity index (χ2v) is 12.9. The molecule has 0 spiro atoms. The van der Waals surface area contributed by atoms with Gasteiger partial charge in [0.25, 0.3) is 0 Å². The van der Waals surface area contributed by atoms with Crippen LogP contribution < -0.4 is 32.6 Å². The zero-order valence-electron chi connectivity index (χ0n) is 25.7. The molecule has 11 rings (SSSR count). The average molecular weight is 647 g/mol. The summed E-state index contributed by atoms with van der Waals surface area (Å²) in [5, 5.41) is 5.05. The van der Waals surface area contributed by atoms with Crippen LogP contribution in [0.5, 0.6) is 0 Å². The van der Waals surface area contributed by atoms with Gasteiger partial charge in [-0.05, 0) is 12.1 Å². The predicted molar refractivity (Wildman–Crippen MR) is 201 cm³/mol. The molecular formula is C42H18N2O6. The molecule has 0 atom stereocenters. The topological polar surface area (TPSA) is 134 Å². The van der Waals surface area contributed by atoms with Gasteiger partial charge >= 0.3 is 0 Å². The van der Waals surface area contributed by atoms with Crippen molar-refractivity contribution in [1.29, 1.82) is 0 Å². The molecular weight excluding hydrogens is 628 g/mol. The van der Waals surface area contributed by atoms with Gasteiger partial charge in [0.1, 0.15) is 0 Å². The van der Waals surface area contributed by atoms with E-state index in [9.17, 15) is 28.8 Å². The first-order chi connectivity index (χ1) is 24.3. The third kappa shape index (κ3) is 2.98. The molecule has 0 amide bonds. The van der Waals surface area contributed by atoms with Crippen LogP contribution in [0.15, 0.2) is 126 Å². The predicted octanol–water partition coefficient (Wildman–Crippen LogP) is 6.35. The van der Waals surface area contributed by atoms with Gasteiger partial charge in [-0.2, -0.15) is 0 Å². The highest BCUT2D eigenvalue weighted by atomic mass is 16.1. The van der Waals surface area contributed by atoms with Crippen molar-refractivity contribution in [2.75, 3.05) is 0 Å². The van der Waals surface area contributed by atoms with E-state index in [1.54, 1.807) is 97.1 Å². The van der Waals surface area contributed by atoms with E-state index in [0.717, 1.165) is 0 Å². The first-order valence-corrected chi connectivity index (χ1v) is 16.0. The number of rotatable bonds is 0. The van der Waals surface area contributed by atoms with Crippen molar-refractivity contribution in [2.45, 2.75) is 0 Å². The Bertz CT molecular complexity index is 3550. The maximum Gasteiger partial charge on any atom is 0.196 e. The zero-order chi connectivity index (χ0) is 33.7. The summed E-state index contributed by atoms with van der Waals surface area (Å²) in [6.07, 6.45) is 0. The van der Waals surface area contributed by atoms with Gasteiger partial charge < -0.3 is 9.97 Å². The standard InChI is InChI=1S/C42H18N2O6/c45-37-17-7-1-3-9-19(17)39(47)29-25(37)15-13-23-27-28-24-14-16-26-30(40(48)20-10-4-2-8-18(20)38(26)46)34(24)44-36(28)32-31(35(27)43-33(23)29)41(49)21-11-5-6-12-22(21)42(32)50/h1-16,43-44H. The third-order valence-corrected chi connectivity index (χ3v) is 10.6. The Kier molecular flexibility index (Phi) is 4.79. The molecule has 0 aliphatic carbocycles. The Hall–Kier alpha value is -7.06. The highest BCUT2D eigenvalue weighted by Crippen LogP contribution is 2.43. The number of hydrogen-bond acceptors (Lipinski definition) is 6. The molecule has 2 heterocycles. The van der Waals surface area contributed by atoms with E-state index in [1.165, 1.54) is 0 Å². The summed E-state index contributed by atoms with van der Waals surface area (Å²) in [5.74, 6) is 0. The summed E-state index contributed by atoms with van der Waals surface area (Å²) in [6, 6.07) is 26.7. The maximum absolute atomic E-state index is 14.4. The van der Waals surface area contributed by atoms with Gasteiger partial charge in [-0.1, -0.05) is 84.9 Å². The lowest BCUT2D eigenvalue weighted by Crippen LogP contribution is -2.14. The third-order valence-electron chi connectivity index (χ3n) is 10.6. The zero-order valence-corrected chi connectivity index (χ0v) is 25.7. The van der Waals surface area contributed by atoms with Crippen LogP contribution in [0.4, 0.5) is 0 Å². The molecule has 8 nitrogen and oxygen atoms in total. The van der Waals surface area contributed by atoms with Crippen LogP contribution in [0, 0.1) is 0 Å². The molecule has 2 N–H and O–H groups in total. The SMILES string of the molecule is O=c1c2ccccc2c(=O)c2c1ccc1c2[nH]c2c3c(=O)c4ccccc4c(=O)c3c3[nH]c4c(ccc5c(=O)c6ccccc6c(=O)c54)c3c12. The molecule has 0 bridgehead atoms. The van der Waals surface area contributed by atoms with E-state index >= 15 is 0 Å². The first kappa shape index (κ1) is 26.9. The molecule has 0 fully saturated rings. The number of H-pyrrole nitrogens is 2. The molecule has 232 valence electrons. The van der Waals surface area contributed by atoms with Gasteiger partial charge in [0.05, 0.1) is 43.6 Å². The molecule has 2 aromatic heterocycles. The fourth-order valence-electron chi connectivity index (χ4n) is 8.44. The van der Waals surface area contributed by atoms with Crippen LogP contribution >= 0.6 is 0 Å². The minimum atomic E-state index is -0.379. The number of fused-ring (bicyclic) bond motifs is 17. The lowest BCUT2D eigenvalue weighted by atomic mass is 9.94. The van der Waals surface area contributed by atoms with Gasteiger partial charge in [0.2, 0.25) is 0 Å². The molecule has 0 saturated carbocycles. The largest absolute Gasteiger partial charge is 0.353 e. The lowest BCUT2D eigenvalue weighted by molar-refractivity contribution is 1.55. The van der Waals surface area contributed by atoms with Crippen LogP contribution in [-0.4, -0.2) is 9.97 Å². The van der Waals surface area contributed by atoms with Crippen LogP contribution in [0.1, 0.15) is 0 Å². The fraction of sp³-hybridized carbons (Fsp3) is 0. The fourth-order valence-corrected chi connectivity index (χ4v) is 8.44. The van der Waals surface area contributed by atoms with Crippen molar-refractivity contribution in [3.63, 3.8) is 0 Å². The number of nitrogens with one attached hydrogen (secondary N) is 2. The highest BCUT2D eigenvalue weighted by Gasteiger charge is 2.26. The van der Waals surface area contributed by atoms with E-state index in [1.807, 2.05) is 0 Å². The van der Waals surface area contributed by atoms with Crippen molar-refractivity contribution in [2.24, 2.45) is 0 Å². The summed E-state index contributed by atoms with van der Waals surface area (Å²) in [5.41, 5.74) is -0.577. The van der Waals surface area contributed by atoms with E-state index in [0.29, 0.717) is 54.4 Å². The Morgan fingerprint density at radius 2 is 0.520 bits per heavy atom. The summed E-state index contributed by atoms with van der Waals surface area (Å²) >= 11 is 0. The normalized spacial score (nSPS) is 12.5. The van der Waals surface area contributed by atoms with Crippen LogP contribution in [0.25, 0.3) is 108 Å². The molecule has 0 radical (unpaired) electrons. The lowest BCUT2D eigenvalue weighted by Gasteiger charge is -2.05. The Labute approximate surface area is 276 Å². The maximum atomic E-state index is 14.4. The Morgan fingerprint density at radius 1 is 0.240 bits per heavy atom. The minimum absolute atomic E-state index is 0.129. The summed E-state index contributed by atoms with van der Waals surface area (Å²) in [4.78, 5) is 91.1. The van der Waals surface area contributed by atoms with Crippen molar-refractivity contribution >= 4 is 108 Å². The molecule has 50 heavy (non-hydrogen) atoms.